The highest BCUT2D eigenvalue weighted by molar-refractivity contribution is 5.99. The topological polar surface area (TPSA) is 272 Å². The number of benzene rings is 3. The third-order valence-electron chi connectivity index (χ3n) is 14.2. The molecule has 9 N–H and O–H groups in total. The Labute approximate surface area is 488 Å². The van der Waals surface area contributed by atoms with Crippen LogP contribution in [0, 0.1) is 11.3 Å². The van der Waals surface area contributed by atoms with E-state index in [1.54, 1.807) is 67.4 Å². The highest BCUT2D eigenvalue weighted by Gasteiger charge is 2.37. The van der Waals surface area contributed by atoms with Crippen molar-refractivity contribution < 1.29 is 47.8 Å². The molecule has 7 atom stereocenters. The van der Waals surface area contributed by atoms with Gasteiger partial charge in [0.1, 0.15) is 24.1 Å². The maximum Gasteiger partial charge on any atom is 0.251 e. The molecule has 0 saturated carbocycles. The maximum atomic E-state index is 13.2. The number of carbonyl (C=O) groups excluding carboxylic acids is 8. The first-order valence-corrected chi connectivity index (χ1v) is 28.7. The minimum atomic E-state index is -0.580. The van der Waals surface area contributed by atoms with Crippen molar-refractivity contribution in [2.45, 2.75) is 155 Å². The molecule has 20 nitrogen and oxygen atoms in total. The first-order valence-electron chi connectivity index (χ1n) is 28.7. The second-order valence-electron chi connectivity index (χ2n) is 22.6. The number of aldehydes is 2. The quantitative estimate of drug-likeness (QED) is 0.0806. The minimum absolute atomic E-state index is 0.00463. The Hall–Kier alpha value is -6.74. The number of hydrogen-bond acceptors (Lipinski definition) is 14. The van der Waals surface area contributed by atoms with Crippen molar-refractivity contribution >= 4 is 48.5 Å². The van der Waals surface area contributed by atoms with E-state index in [4.69, 9.17) is 15.2 Å². The van der Waals surface area contributed by atoms with E-state index in [9.17, 15) is 38.4 Å². The average molecular weight is 1140 g/mol. The maximum absolute atomic E-state index is 13.2. The summed E-state index contributed by atoms with van der Waals surface area (Å²) >= 11 is 0. The second kappa shape index (κ2) is 37.4. The molecule has 2 fully saturated rings. The van der Waals surface area contributed by atoms with Gasteiger partial charge >= 0.3 is 0 Å². The van der Waals surface area contributed by atoms with Crippen molar-refractivity contribution in [3.63, 3.8) is 0 Å². The molecule has 7 rings (SSSR count). The molecule has 3 aromatic carbocycles. The number of rotatable bonds is 17. The predicted molar refractivity (Wildman–Crippen MR) is 323 cm³/mol. The van der Waals surface area contributed by atoms with Gasteiger partial charge in [-0.1, -0.05) is 71.9 Å². The Bertz CT molecular complexity index is 2480. The number of nitrogens with two attached hydrogens (primary N) is 1. The first-order chi connectivity index (χ1) is 38.9. The molecule has 20 heteroatoms. The number of nitrogens with zero attached hydrogens (tertiary/aromatic N) is 2. The number of carbonyl (C=O) groups is 8. The van der Waals surface area contributed by atoms with E-state index in [-0.39, 0.29) is 70.9 Å². The van der Waals surface area contributed by atoms with Gasteiger partial charge in [0, 0.05) is 36.8 Å². The Morgan fingerprint density at radius 3 is 1.73 bits per heavy atom. The zero-order valence-corrected chi connectivity index (χ0v) is 51.4. The van der Waals surface area contributed by atoms with Crippen molar-refractivity contribution in [3.05, 3.63) is 94.0 Å². The number of likely N-dealkylation sites (N-methyl/N-ethyl adjacent to an activating group) is 4. The number of nitrogens with one attached hydrogen (secondary N) is 7. The summed E-state index contributed by atoms with van der Waals surface area (Å²) in [5.74, 6) is 1.82. The van der Waals surface area contributed by atoms with Gasteiger partial charge in [0.15, 0.2) is 0 Å². The number of primary amides is 1. The van der Waals surface area contributed by atoms with Crippen LogP contribution in [0.5, 0.6) is 11.5 Å². The van der Waals surface area contributed by atoms with Crippen LogP contribution in [0.15, 0.2) is 60.7 Å². The molecule has 82 heavy (non-hydrogen) atoms. The van der Waals surface area contributed by atoms with Gasteiger partial charge in [0.05, 0.1) is 57.0 Å². The fourth-order valence-corrected chi connectivity index (χ4v) is 9.34. The summed E-state index contributed by atoms with van der Waals surface area (Å²) in [6, 6.07) is 17.2. The van der Waals surface area contributed by atoms with Crippen LogP contribution in [0.2, 0.25) is 0 Å². The number of likely N-dealkylation sites (tertiary alicyclic amines) is 2. The van der Waals surface area contributed by atoms with Crippen LogP contribution in [-0.2, 0) is 41.6 Å². The van der Waals surface area contributed by atoms with Crippen molar-refractivity contribution in [3.8, 4) is 11.5 Å². The van der Waals surface area contributed by atoms with E-state index >= 15 is 0 Å². The fraction of sp³-hybridized carbons (Fsp3) is 0.581. The highest BCUT2D eigenvalue weighted by atomic mass is 16.5. The van der Waals surface area contributed by atoms with Gasteiger partial charge in [-0.15, -0.1) is 0 Å². The molecule has 0 aromatic heterocycles. The summed E-state index contributed by atoms with van der Waals surface area (Å²) in [7, 11) is 10.5. The van der Waals surface area contributed by atoms with Crippen LogP contribution in [0.1, 0.15) is 155 Å². The zero-order chi connectivity index (χ0) is 61.5. The van der Waals surface area contributed by atoms with Gasteiger partial charge < -0.3 is 66.9 Å². The Morgan fingerprint density at radius 1 is 0.732 bits per heavy atom. The summed E-state index contributed by atoms with van der Waals surface area (Å²) in [5, 5.41) is 20.2. The van der Waals surface area contributed by atoms with Crippen LogP contribution < -0.4 is 52.4 Å². The molecular formula is C62H98N10O10. The lowest BCUT2D eigenvalue weighted by molar-refractivity contribution is -0.129. The third-order valence-corrected chi connectivity index (χ3v) is 14.2. The molecule has 0 radical (unpaired) electrons. The second-order valence-corrected chi connectivity index (χ2v) is 22.6. The smallest absolute Gasteiger partial charge is 0.251 e. The van der Waals surface area contributed by atoms with Crippen LogP contribution in [0.4, 0.5) is 0 Å². The minimum Gasteiger partial charge on any atom is -0.496 e. The fourth-order valence-electron chi connectivity index (χ4n) is 9.34. The summed E-state index contributed by atoms with van der Waals surface area (Å²) < 4.78 is 10.8. The van der Waals surface area contributed by atoms with E-state index in [0.717, 1.165) is 93.6 Å². The van der Waals surface area contributed by atoms with Crippen molar-refractivity contribution in [2.75, 3.05) is 68.6 Å². The normalized spacial score (nSPS) is 18.8. The van der Waals surface area contributed by atoms with Crippen molar-refractivity contribution in [1.82, 2.24) is 47.0 Å². The van der Waals surface area contributed by atoms with Crippen LogP contribution in [0.3, 0.4) is 0 Å². The molecule has 2 heterocycles. The van der Waals surface area contributed by atoms with E-state index in [1.807, 2.05) is 61.9 Å². The number of methoxy groups -OCH3 is 2. The Balaban J connectivity index is 0.000000389. The third kappa shape index (κ3) is 24.0. The van der Waals surface area contributed by atoms with E-state index in [1.165, 1.54) is 35.6 Å². The largest absolute Gasteiger partial charge is 0.496 e. The molecule has 4 aliphatic rings. The van der Waals surface area contributed by atoms with Crippen LogP contribution >= 0.6 is 0 Å². The van der Waals surface area contributed by atoms with Gasteiger partial charge in [-0.05, 0) is 164 Å². The first kappa shape index (κ1) is 71.4. The molecule has 2 saturated heterocycles. The lowest BCUT2D eigenvalue weighted by Crippen LogP contribution is -2.50. The molecule has 2 aliphatic carbocycles. The van der Waals surface area contributed by atoms with E-state index in [2.05, 4.69) is 70.1 Å². The van der Waals surface area contributed by atoms with Gasteiger partial charge in [-0.25, -0.2) is 0 Å². The number of fused-ring (bicyclic) bond motifs is 2. The zero-order valence-electron chi connectivity index (χ0n) is 51.4. The van der Waals surface area contributed by atoms with Crippen LogP contribution in [0.25, 0.3) is 0 Å². The van der Waals surface area contributed by atoms with Crippen LogP contribution in [-0.4, -0.2) is 157 Å². The summed E-state index contributed by atoms with van der Waals surface area (Å²) in [6.07, 6.45) is 11.3. The number of ether oxygens (including phenoxy) is 2. The Morgan fingerprint density at radius 2 is 1.27 bits per heavy atom. The van der Waals surface area contributed by atoms with E-state index < -0.39 is 11.9 Å². The average Bonchev–Trinajstić information content (AvgIpc) is 4.27. The highest BCUT2D eigenvalue weighted by Crippen LogP contribution is 2.36. The van der Waals surface area contributed by atoms with Gasteiger partial charge in [0.2, 0.25) is 30.0 Å². The summed E-state index contributed by atoms with van der Waals surface area (Å²) in [6.45, 7) is 18.8. The molecule has 6 amide bonds. The number of amides is 6. The molecule has 2 aliphatic heterocycles. The molecular weight excluding hydrogens is 1040 g/mol. The molecule has 456 valence electrons. The van der Waals surface area contributed by atoms with Gasteiger partial charge in [-0.3, -0.25) is 33.7 Å². The van der Waals surface area contributed by atoms with E-state index in [0.29, 0.717) is 25.1 Å². The van der Waals surface area contributed by atoms with Gasteiger partial charge in [-0.2, -0.15) is 0 Å². The monoisotopic (exact) mass is 1140 g/mol. The molecule has 3 aromatic rings. The Kier molecular flexibility index (Phi) is 32.5. The predicted octanol–water partition coefficient (Wildman–Crippen LogP) is 5.22. The lowest BCUT2D eigenvalue weighted by atomic mass is 9.87. The molecule has 0 spiro atoms. The summed E-state index contributed by atoms with van der Waals surface area (Å²) in [4.78, 5) is 94.6. The van der Waals surface area contributed by atoms with Gasteiger partial charge in [0.25, 0.3) is 5.91 Å². The standard InChI is InChI=1S/C25H30N4O4.C12H15NO2.C10H20N2O2.C7H14N2O.C4H9NO.C4H10/c1-29-14-17(27-24(31)16-7-3-6-15(12-16)23(26)30)13-21(29)25(32)28-20-10-4-9-19-18(20)8-5-11-22(19)33-2;1-15-12-7-3-4-9-10(12)5-2-6-11(9)13-8-14;1-7(11-5)9(14)12-8(6-13)10(2,3)4;1-8-6-7(10)9-4-2-3-5-9;1-4(3-6)5-2;1-4(2)3/h3,5-8,11-12,17,20-21H,4,9-10,13-14H2,1-2H3,(H2,26,30)(H,27,31)(H,28,32);3-4,7-8,11H,2,5-6H2,1H3,(H,13,14);6-8,11H,1-5H3,(H,12,14);8H,2-6H2,1H3;3-5H,1-2H3;4H,1-3H3/t;;7-,8?;;;/m..0.../s1. The number of hydrogen-bond donors (Lipinski definition) is 8. The van der Waals surface area contributed by atoms with Crippen molar-refractivity contribution in [2.24, 2.45) is 17.1 Å². The SMILES string of the molecule is CC(C)C.CNC(C)C=O.CNCC(=O)N1CCCC1.CN[C@@H](C)C(=O)NC(C=O)C(C)(C)C.COc1cccc2c1CCCC2NC(=O)C1CC(NC(=O)c2cccc(C(N)=O)c2)CN1C.COc1cccc2c1CCCC2NC=O. The molecule has 0 bridgehead atoms. The van der Waals surface area contributed by atoms with Crippen molar-refractivity contribution in [1.29, 1.82) is 0 Å². The summed E-state index contributed by atoms with van der Waals surface area (Å²) in [5.41, 5.74) is 10.4. The molecule has 6 unspecified atom stereocenters. The lowest BCUT2D eigenvalue weighted by Gasteiger charge is -2.29.